The molecule has 4 nitrogen and oxygen atoms in total. The van der Waals surface area contributed by atoms with E-state index in [1.807, 2.05) is 24.3 Å². The highest BCUT2D eigenvalue weighted by molar-refractivity contribution is 6.06. The number of nitrogen functional groups attached to an aromatic ring is 1. The van der Waals surface area contributed by atoms with Gasteiger partial charge in [-0.25, -0.2) is 4.98 Å². The highest BCUT2D eigenvalue weighted by Crippen LogP contribution is 2.21. The van der Waals surface area contributed by atoms with Crippen molar-refractivity contribution in [3.63, 3.8) is 0 Å². The lowest BCUT2D eigenvalue weighted by Gasteiger charge is -2.09. The molecule has 0 fully saturated rings. The van der Waals surface area contributed by atoms with Gasteiger partial charge in [-0.05, 0) is 12.5 Å². The van der Waals surface area contributed by atoms with Gasteiger partial charge >= 0.3 is 0 Å². The number of benzene rings is 1. The molecule has 0 saturated heterocycles. The maximum absolute atomic E-state index is 7.62. The van der Waals surface area contributed by atoms with Crippen LogP contribution >= 0.6 is 0 Å². The average Bonchev–Trinajstić information content (AvgIpc) is 2.38. The zero-order chi connectivity index (χ0) is 13.0. The fraction of sp³-hybridized carbons (Fsp3) is 0.286. The molecule has 18 heavy (non-hydrogen) atoms. The number of hydrogen-bond donors (Lipinski definition) is 2. The molecule has 0 aliphatic carbocycles. The van der Waals surface area contributed by atoms with E-state index in [4.69, 9.17) is 15.9 Å². The number of nitrogens with two attached hydrogens (primary N) is 1. The van der Waals surface area contributed by atoms with E-state index >= 15 is 0 Å². The van der Waals surface area contributed by atoms with Crippen LogP contribution in [0.25, 0.3) is 10.9 Å². The molecule has 1 aromatic carbocycles. The molecule has 94 valence electrons. The zero-order valence-corrected chi connectivity index (χ0v) is 10.4. The predicted octanol–water partition coefficient (Wildman–Crippen LogP) is 2.70. The van der Waals surface area contributed by atoms with Crippen LogP contribution in [0, 0.1) is 5.41 Å². The van der Waals surface area contributed by atoms with E-state index < -0.39 is 0 Å². The minimum Gasteiger partial charge on any atom is -0.478 e. The maximum atomic E-state index is 7.62. The number of fused-ring (bicyclic) bond motifs is 1. The Hall–Kier alpha value is -2.10. The van der Waals surface area contributed by atoms with Crippen molar-refractivity contribution in [2.75, 3.05) is 6.61 Å². The summed E-state index contributed by atoms with van der Waals surface area (Å²) in [6, 6.07) is 9.37. The third kappa shape index (κ3) is 2.59. The average molecular weight is 243 g/mol. The Kier molecular flexibility index (Phi) is 3.77. The van der Waals surface area contributed by atoms with Crippen molar-refractivity contribution in [1.82, 2.24) is 4.98 Å². The summed E-state index contributed by atoms with van der Waals surface area (Å²) in [6.07, 6.45) is 2.07. The normalized spacial score (nSPS) is 10.5. The summed E-state index contributed by atoms with van der Waals surface area (Å²) in [5, 5.41) is 8.50. The van der Waals surface area contributed by atoms with Crippen LogP contribution in [0.5, 0.6) is 5.88 Å². The Labute approximate surface area is 106 Å². The predicted molar refractivity (Wildman–Crippen MR) is 73.2 cm³/mol. The molecule has 0 bridgehead atoms. The molecule has 2 aromatic rings. The highest BCUT2D eigenvalue weighted by Gasteiger charge is 2.08. The quantitative estimate of drug-likeness (QED) is 0.482. The number of hydrogen-bond acceptors (Lipinski definition) is 3. The van der Waals surface area contributed by atoms with Crippen LogP contribution in [0.2, 0.25) is 0 Å². The first kappa shape index (κ1) is 12.4. The van der Waals surface area contributed by atoms with Gasteiger partial charge in [-0.15, -0.1) is 0 Å². The van der Waals surface area contributed by atoms with Gasteiger partial charge in [0.25, 0.3) is 0 Å². The largest absolute Gasteiger partial charge is 0.478 e. The molecule has 0 radical (unpaired) electrons. The van der Waals surface area contributed by atoms with Crippen LogP contribution in [0.15, 0.2) is 30.3 Å². The van der Waals surface area contributed by atoms with E-state index in [-0.39, 0.29) is 5.84 Å². The van der Waals surface area contributed by atoms with E-state index in [1.165, 1.54) is 0 Å². The van der Waals surface area contributed by atoms with Gasteiger partial charge in [0.05, 0.1) is 12.1 Å². The van der Waals surface area contributed by atoms with Crippen LogP contribution in [-0.4, -0.2) is 17.4 Å². The second kappa shape index (κ2) is 5.49. The molecule has 4 heteroatoms. The van der Waals surface area contributed by atoms with Gasteiger partial charge in [-0.1, -0.05) is 31.5 Å². The highest BCUT2D eigenvalue weighted by atomic mass is 16.5. The van der Waals surface area contributed by atoms with E-state index in [1.54, 1.807) is 6.07 Å². The Balaban J connectivity index is 2.41. The number of pyridine rings is 1. The Morgan fingerprint density at radius 3 is 2.89 bits per heavy atom. The summed E-state index contributed by atoms with van der Waals surface area (Å²) in [4.78, 5) is 4.42. The number of ether oxygens (including phenoxy) is 1. The first-order valence-corrected chi connectivity index (χ1v) is 6.09. The van der Waals surface area contributed by atoms with E-state index in [9.17, 15) is 0 Å². The summed E-state index contributed by atoms with van der Waals surface area (Å²) in [5.74, 6) is 0.571. The van der Waals surface area contributed by atoms with Crippen LogP contribution in [0.1, 0.15) is 25.3 Å². The lowest BCUT2D eigenvalue weighted by Crippen LogP contribution is -2.12. The van der Waals surface area contributed by atoms with Gasteiger partial charge in [0, 0.05) is 17.0 Å². The van der Waals surface area contributed by atoms with Crippen molar-refractivity contribution < 1.29 is 4.74 Å². The number of unbranched alkanes of at least 4 members (excludes halogenated alkanes) is 1. The molecule has 0 saturated carbocycles. The fourth-order valence-corrected chi connectivity index (χ4v) is 1.77. The number of nitrogens with one attached hydrogen (secondary N) is 1. The van der Waals surface area contributed by atoms with Crippen molar-refractivity contribution in [3.05, 3.63) is 35.9 Å². The van der Waals surface area contributed by atoms with Crippen molar-refractivity contribution in [2.45, 2.75) is 19.8 Å². The van der Waals surface area contributed by atoms with Crippen LogP contribution in [-0.2, 0) is 0 Å². The molecule has 1 aromatic heterocycles. The second-order valence-corrected chi connectivity index (χ2v) is 4.14. The van der Waals surface area contributed by atoms with E-state index in [0.717, 1.165) is 23.7 Å². The summed E-state index contributed by atoms with van der Waals surface area (Å²) >= 11 is 0. The molecule has 1 heterocycles. The summed E-state index contributed by atoms with van der Waals surface area (Å²) < 4.78 is 5.58. The van der Waals surface area contributed by atoms with Gasteiger partial charge in [-0.3, -0.25) is 5.41 Å². The molecule has 0 aliphatic rings. The summed E-state index contributed by atoms with van der Waals surface area (Å²) in [6.45, 7) is 2.75. The Bertz CT molecular complexity index is 566. The second-order valence-electron chi connectivity index (χ2n) is 4.14. The molecule has 0 amide bonds. The number of rotatable bonds is 5. The molecule has 0 aliphatic heterocycles. The topological polar surface area (TPSA) is 72.0 Å². The molecule has 0 unspecified atom stereocenters. The number of amidine groups is 1. The van der Waals surface area contributed by atoms with Gasteiger partial charge in [0.15, 0.2) is 0 Å². The molecule has 3 N–H and O–H groups in total. The van der Waals surface area contributed by atoms with Crippen LogP contribution in [0.3, 0.4) is 0 Å². The molecule has 2 rings (SSSR count). The standard InChI is InChI=1S/C14H17N3O/c1-2-3-8-18-13-9-11(14(15)16)10-6-4-5-7-12(10)17-13/h4-7,9H,2-3,8H2,1H3,(H3,15,16). The maximum Gasteiger partial charge on any atom is 0.214 e. The number of aromatic nitrogens is 1. The molecule has 0 atom stereocenters. The van der Waals surface area contributed by atoms with Gasteiger partial charge in [0.1, 0.15) is 5.84 Å². The third-order valence-electron chi connectivity index (χ3n) is 2.73. The monoisotopic (exact) mass is 243 g/mol. The molecular weight excluding hydrogens is 226 g/mol. The number of para-hydroxylation sites is 1. The minimum atomic E-state index is 0.0361. The minimum absolute atomic E-state index is 0.0361. The zero-order valence-electron chi connectivity index (χ0n) is 10.4. The first-order valence-electron chi connectivity index (χ1n) is 6.09. The molecule has 0 spiro atoms. The number of nitrogens with zero attached hydrogens (tertiary/aromatic N) is 1. The fourth-order valence-electron chi connectivity index (χ4n) is 1.77. The Morgan fingerprint density at radius 1 is 1.39 bits per heavy atom. The lowest BCUT2D eigenvalue weighted by atomic mass is 10.1. The third-order valence-corrected chi connectivity index (χ3v) is 2.73. The van der Waals surface area contributed by atoms with Crippen molar-refractivity contribution in [2.24, 2.45) is 5.73 Å². The smallest absolute Gasteiger partial charge is 0.214 e. The summed E-state index contributed by atoms with van der Waals surface area (Å²) in [5.41, 5.74) is 7.08. The first-order chi connectivity index (χ1) is 8.72. The van der Waals surface area contributed by atoms with E-state index in [0.29, 0.717) is 18.1 Å². The van der Waals surface area contributed by atoms with Gasteiger partial charge in [0.2, 0.25) is 5.88 Å². The lowest BCUT2D eigenvalue weighted by molar-refractivity contribution is 0.299. The van der Waals surface area contributed by atoms with Crippen molar-refractivity contribution >= 4 is 16.7 Å². The SMILES string of the molecule is CCCCOc1cc(C(=N)N)c2ccccc2n1. The molecular formula is C14H17N3O. The Morgan fingerprint density at radius 2 is 2.17 bits per heavy atom. The van der Waals surface area contributed by atoms with Crippen LogP contribution in [0.4, 0.5) is 0 Å². The van der Waals surface area contributed by atoms with E-state index in [2.05, 4.69) is 11.9 Å². The van der Waals surface area contributed by atoms with Crippen molar-refractivity contribution in [1.29, 1.82) is 5.41 Å². The summed E-state index contributed by atoms with van der Waals surface area (Å²) in [7, 11) is 0. The van der Waals surface area contributed by atoms with Crippen LogP contribution < -0.4 is 10.5 Å². The van der Waals surface area contributed by atoms with Gasteiger partial charge in [-0.2, -0.15) is 0 Å². The van der Waals surface area contributed by atoms with Gasteiger partial charge < -0.3 is 10.5 Å². The van der Waals surface area contributed by atoms with Crippen molar-refractivity contribution in [3.8, 4) is 5.88 Å².